The minimum atomic E-state index is -0.0324. The van der Waals surface area contributed by atoms with Crippen molar-refractivity contribution >= 4 is 47.7 Å². The van der Waals surface area contributed by atoms with Crippen molar-refractivity contribution < 1.29 is 14.0 Å². The van der Waals surface area contributed by atoms with Crippen LogP contribution in [0.1, 0.15) is 41.7 Å². The lowest BCUT2D eigenvalue weighted by Crippen LogP contribution is -2.38. The number of nitrogens with zero attached hydrogens (tertiary/aromatic N) is 3. The zero-order valence-corrected chi connectivity index (χ0v) is 19.2. The molecule has 7 nitrogen and oxygen atoms in total. The molecular weight excluding hydrogens is 448 g/mol. The van der Waals surface area contributed by atoms with E-state index in [4.69, 9.17) is 4.42 Å². The van der Waals surface area contributed by atoms with Gasteiger partial charge in [-0.05, 0) is 55.9 Å². The second-order valence-corrected chi connectivity index (χ2v) is 9.06. The van der Waals surface area contributed by atoms with Gasteiger partial charge in [0.1, 0.15) is 11.9 Å². The Kier molecular flexibility index (Phi) is 6.91. The smallest absolute Gasteiger partial charge is 0.258 e. The molecular formula is C23H25ClN4O3S. The molecule has 2 aliphatic rings. The number of nitrogens with one attached hydrogen (secondary N) is 1. The van der Waals surface area contributed by atoms with E-state index in [9.17, 15) is 9.59 Å². The lowest BCUT2D eigenvalue weighted by atomic mass is 9.92. The van der Waals surface area contributed by atoms with Gasteiger partial charge in [-0.25, -0.2) is 4.98 Å². The van der Waals surface area contributed by atoms with Crippen LogP contribution < -0.4 is 5.32 Å². The Morgan fingerprint density at radius 2 is 2.06 bits per heavy atom. The predicted octanol–water partition coefficient (Wildman–Crippen LogP) is 4.24. The minimum Gasteiger partial charge on any atom is -0.472 e. The number of halogens is 1. The molecule has 1 fully saturated rings. The summed E-state index contributed by atoms with van der Waals surface area (Å²) in [5, 5.41) is 4.07. The van der Waals surface area contributed by atoms with Crippen LogP contribution in [-0.2, 0) is 4.79 Å². The van der Waals surface area contributed by atoms with E-state index in [1.54, 1.807) is 12.3 Å². The molecule has 0 saturated carbocycles. The van der Waals surface area contributed by atoms with E-state index in [1.807, 2.05) is 29.2 Å². The summed E-state index contributed by atoms with van der Waals surface area (Å²) in [6.45, 7) is 2.22. The van der Waals surface area contributed by atoms with Gasteiger partial charge in [-0.15, -0.1) is 12.4 Å². The van der Waals surface area contributed by atoms with E-state index >= 15 is 0 Å². The average Bonchev–Trinajstić information content (AvgIpc) is 3.48. The lowest BCUT2D eigenvalue weighted by Gasteiger charge is -2.31. The maximum absolute atomic E-state index is 12.6. The number of imidazole rings is 1. The Labute approximate surface area is 196 Å². The summed E-state index contributed by atoms with van der Waals surface area (Å²) in [6, 6.07) is 7.64. The van der Waals surface area contributed by atoms with E-state index in [1.165, 1.54) is 24.3 Å². The number of likely N-dealkylation sites (tertiary alicyclic amines) is 1. The Balaban J connectivity index is 0.00000245. The number of carbonyl (C=O) groups is 2. The average molecular weight is 473 g/mol. The van der Waals surface area contributed by atoms with E-state index in [0.717, 1.165) is 55.1 Å². The fourth-order valence-corrected chi connectivity index (χ4v) is 5.28. The topological polar surface area (TPSA) is 79.8 Å². The first-order chi connectivity index (χ1) is 15.2. The minimum absolute atomic E-state index is 0. The highest BCUT2D eigenvalue weighted by Gasteiger charge is 2.24. The molecule has 168 valence electrons. The van der Waals surface area contributed by atoms with Gasteiger partial charge in [0, 0.05) is 19.6 Å². The van der Waals surface area contributed by atoms with Crippen LogP contribution in [0.4, 0.5) is 0 Å². The number of rotatable bonds is 6. The van der Waals surface area contributed by atoms with Crippen molar-refractivity contribution in [1.82, 2.24) is 19.6 Å². The third-order valence-electron chi connectivity index (χ3n) is 5.98. The maximum atomic E-state index is 12.6. The third kappa shape index (κ3) is 4.56. The van der Waals surface area contributed by atoms with Crippen LogP contribution >= 0.6 is 24.2 Å². The molecule has 0 aromatic carbocycles. The van der Waals surface area contributed by atoms with Crippen LogP contribution in [0.3, 0.4) is 0 Å². The van der Waals surface area contributed by atoms with E-state index in [-0.39, 0.29) is 24.2 Å². The largest absolute Gasteiger partial charge is 0.472 e. The molecule has 5 rings (SSSR count). The van der Waals surface area contributed by atoms with Gasteiger partial charge in [-0.3, -0.25) is 14.0 Å². The summed E-state index contributed by atoms with van der Waals surface area (Å²) in [4.78, 5) is 32.0. The summed E-state index contributed by atoms with van der Waals surface area (Å²) >= 11 is 1.48. The SMILES string of the molecule is Cl.O=C(NCCCC1CCN(C(=O)c2ccoc2)CC1)C1=Cc2cnc3cccc(n23)S1. The Morgan fingerprint density at radius 3 is 2.84 bits per heavy atom. The van der Waals surface area contributed by atoms with Gasteiger partial charge in [0.05, 0.1) is 33.6 Å². The zero-order valence-electron chi connectivity index (χ0n) is 17.5. The summed E-state index contributed by atoms with van der Waals surface area (Å²) in [5.74, 6) is 0.616. The molecule has 2 aliphatic heterocycles. The first-order valence-corrected chi connectivity index (χ1v) is 11.5. The van der Waals surface area contributed by atoms with Crippen molar-refractivity contribution in [2.45, 2.75) is 30.7 Å². The highest BCUT2D eigenvalue weighted by Crippen LogP contribution is 2.34. The molecule has 0 atom stereocenters. The Hall–Kier alpha value is -2.71. The van der Waals surface area contributed by atoms with Crippen molar-refractivity contribution in [2.24, 2.45) is 5.92 Å². The van der Waals surface area contributed by atoms with Crippen LogP contribution in [-0.4, -0.2) is 45.7 Å². The van der Waals surface area contributed by atoms with E-state index in [2.05, 4.69) is 14.7 Å². The molecule has 0 spiro atoms. The molecule has 3 aromatic rings. The number of piperidine rings is 1. The Morgan fingerprint density at radius 1 is 1.22 bits per heavy atom. The fraction of sp³-hybridized carbons (Fsp3) is 0.348. The molecule has 0 bridgehead atoms. The second kappa shape index (κ2) is 9.83. The van der Waals surface area contributed by atoms with Gasteiger partial charge in [0.15, 0.2) is 0 Å². The zero-order chi connectivity index (χ0) is 21.2. The van der Waals surface area contributed by atoms with Crippen LogP contribution in [0.25, 0.3) is 11.7 Å². The highest BCUT2D eigenvalue weighted by atomic mass is 35.5. The van der Waals surface area contributed by atoms with Gasteiger partial charge in [0.25, 0.3) is 11.8 Å². The number of hydrogen-bond acceptors (Lipinski definition) is 5. The highest BCUT2D eigenvalue weighted by molar-refractivity contribution is 8.04. The molecule has 0 aliphatic carbocycles. The predicted molar refractivity (Wildman–Crippen MR) is 126 cm³/mol. The van der Waals surface area contributed by atoms with E-state index in [0.29, 0.717) is 22.9 Å². The molecule has 1 N–H and O–H groups in total. The summed E-state index contributed by atoms with van der Waals surface area (Å²) in [6.07, 6.45) is 10.8. The quantitative estimate of drug-likeness (QED) is 0.542. The van der Waals surface area contributed by atoms with Crippen LogP contribution in [0.2, 0.25) is 0 Å². The molecule has 32 heavy (non-hydrogen) atoms. The van der Waals surface area contributed by atoms with Crippen molar-refractivity contribution in [3.63, 3.8) is 0 Å². The number of thioether (sulfide) groups is 1. The number of pyridine rings is 1. The Bertz CT molecular complexity index is 1130. The molecule has 0 radical (unpaired) electrons. The van der Waals surface area contributed by atoms with Crippen LogP contribution in [0.15, 0.2) is 57.3 Å². The number of hydrogen-bond donors (Lipinski definition) is 1. The number of carbonyl (C=O) groups excluding carboxylic acids is 2. The molecule has 0 unspecified atom stereocenters. The second-order valence-electron chi connectivity index (χ2n) is 8.00. The van der Waals surface area contributed by atoms with Gasteiger partial charge in [0.2, 0.25) is 0 Å². The first-order valence-electron chi connectivity index (χ1n) is 10.6. The summed E-state index contributed by atoms with van der Waals surface area (Å²) in [7, 11) is 0. The van der Waals surface area contributed by atoms with Gasteiger partial charge >= 0.3 is 0 Å². The van der Waals surface area contributed by atoms with Gasteiger partial charge in [-0.2, -0.15) is 0 Å². The van der Waals surface area contributed by atoms with Crippen molar-refractivity contribution in [2.75, 3.05) is 19.6 Å². The first kappa shape index (κ1) is 22.5. The lowest BCUT2D eigenvalue weighted by molar-refractivity contribution is -0.116. The monoisotopic (exact) mass is 472 g/mol. The maximum Gasteiger partial charge on any atom is 0.258 e. The fourth-order valence-electron chi connectivity index (χ4n) is 4.27. The number of aromatic nitrogens is 2. The normalized spacial score (nSPS) is 15.9. The van der Waals surface area contributed by atoms with Crippen molar-refractivity contribution in [3.05, 3.63) is 59.2 Å². The molecule has 5 heterocycles. The molecule has 2 amide bonds. The van der Waals surface area contributed by atoms with Crippen molar-refractivity contribution in [1.29, 1.82) is 0 Å². The molecule has 3 aromatic heterocycles. The van der Waals surface area contributed by atoms with Crippen molar-refractivity contribution in [3.8, 4) is 0 Å². The van der Waals surface area contributed by atoms with E-state index < -0.39 is 0 Å². The summed E-state index contributed by atoms with van der Waals surface area (Å²) in [5.41, 5.74) is 2.45. The number of furan rings is 1. The van der Waals surface area contributed by atoms with Crippen LogP contribution in [0, 0.1) is 5.92 Å². The standard InChI is InChI=1S/C23H24N4O3S.ClH/c28-22(19-13-18-14-25-20-4-1-5-21(31-19)27(18)20)24-9-2-3-16-6-10-26(11-7-16)23(29)17-8-12-30-15-17;/h1,4-5,8,12-16H,2-3,6-7,9-11H2,(H,24,28);1H. The van der Waals surface area contributed by atoms with Gasteiger partial charge < -0.3 is 14.6 Å². The molecule has 9 heteroatoms. The third-order valence-corrected chi connectivity index (χ3v) is 7.03. The summed E-state index contributed by atoms with van der Waals surface area (Å²) < 4.78 is 7.07. The number of amides is 2. The van der Waals surface area contributed by atoms with Crippen LogP contribution in [0.5, 0.6) is 0 Å². The molecule has 1 saturated heterocycles. The van der Waals surface area contributed by atoms with Gasteiger partial charge in [-0.1, -0.05) is 17.8 Å².